The van der Waals surface area contributed by atoms with Crippen molar-refractivity contribution in [1.29, 1.82) is 5.26 Å². The van der Waals surface area contributed by atoms with E-state index in [4.69, 9.17) is 0 Å². The van der Waals surface area contributed by atoms with Crippen molar-refractivity contribution in [2.24, 2.45) is 0 Å². The summed E-state index contributed by atoms with van der Waals surface area (Å²) in [6, 6.07) is 9.21. The fourth-order valence-electron chi connectivity index (χ4n) is 4.41. The standard InChI is InChI=1S/C25H25FN8O/c26-18-6-9-34(15-18)24-16(12-27)10-17(13-31-24)21-5-8-29-25(33-21)32-20-4-3-19(30-14-20)11-23(35)22-2-1-7-28-22/h3-5,8,10,13-14,18,22,28H,1-2,6-7,9,11,15H2,(H,29,32,33)/t18-,22?/m0/s1. The third kappa shape index (κ3) is 5.25. The van der Waals surface area contributed by atoms with Crippen molar-refractivity contribution in [1.82, 2.24) is 25.3 Å². The normalized spacial score (nSPS) is 19.5. The Morgan fingerprint density at radius 3 is 2.86 bits per heavy atom. The Morgan fingerprint density at radius 2 is 2.14 bits per heavy atom. The molecule has 0 aliphatic carbocycles. The van der Waals surface area contributed by atoms with Crippen molar-refractivity contribution in [2.45, 2.75) is 37.9 Å². The van der Waals surface area contributed by atoms with Gasteiger partial charge >= 0.3 is 0 Å². The zero-order valence-electron chi connectivity index (χ0n) is 19.1. The SMILES string of the molecule is N#Cc1cc(-c2ccnc(Nc3ccc(CC(=O)C4CCCN4)nc3)n2)cnc1N1CC[C@H](F)C1. The zero-order chi connectivity index (χ0) is 24.2. The number of anilines is 3. The van der Waals surface area contributed by atoms with Crippen molar-refractivity contribution in [3.8, 4) is 17.3 Å². The van der Waals surface area contributed by atoms with Gasteiger partial charge in [0.2, 0.25) is 5.95 Å². The average molecular weight is 473 g/mol. The van der Waals surface area contributed by atoms with E-state index in [2.05, 4.69) is 36.6 Å². The van der Waals surface area contributed by atoms with E-state index in [9.17, 15) is 14.4 Å². The molecule has 0 spiro atoms. The topological polar surface area (TPSA) is 120 Å². The molecule has 1 unspecified atom stereocenters. The number of carbonyl (C=O) groups excluding carboxylic acids is 1. The molecule has 2 fully saturated rings. The number of carbonyl (C=O) groups is 1. The summed E-state index contributed by atoms with van der Waals surface area (Å²) in [6.07, 6.45) is 6.68. The number of ketones is 1. The van der Waals surface area contributed by atoms with Crippen LogP contribution in [0, 0.1) is 11.3 Å². The predicted octanol–water partition coefficient (Wildman–Crippen LogP) is 2.96. The first-order valence-electron chi connectivity index (χ1n) is 11.7. The zero-order valence-corrected chi connectivity index (χ0v) is 19.1. The van der Waals surface area contributed by atoms with Gasteiger partial charge in [-0.2, -0.15) is 5.26 Å². The van der Waals surface area contributed by atoms with E-state index in [1.54, 1.807) is 35.6 Å². The lowest BCUT2D eigenvalue weighted by molar-refractivity contribution is -0.120. The molecule has 3 aromatic rings. The van der Waals surface area contributed by atoms with E-state index in [1.807, 2.05) is 12.1 Å². The van der Waals surface area contributed by atoms with E-state index < -0.39 is 6.17 Å². The molecule has 35 heavy (non-hydrogen) atoms. The number of nitrogens with zero attached hydrogens (tertiary/aromatic N) is 6. The van der Waals surface area contributed by atoms with Gasteiger partial charge < -0.3 is 15.5 Å². The highest BCUT2D eigenvalue weighted by molar-refractivity contribution is 5.86. The molecule has 0 saturated carbocycles. The summed E-state index contributed by atoms with van der Waals surface area (Å²) in [6.45, 7) is 1.69. The van der Waals surface area contributed by atoms with Crippen LogP contribution in [0.3, 0.4) is 0 Å². The number of hydrogen-bond donors (Lipinski definition) is 2. The fraction of sp³-hybridized carbons (Fsp3) is 0.360. The second kappa shape index (κ2) is 10.1. The van der Waals surface area contributed by atoms with Gasteiger partial charge in [-0.1, -0.05) is 0 Å². The minimum Gasteiger partial charge on any atom is -0.352 e. The number of alkyl halides is 1. The van der Waals surface area contributed by atoms with Crippen LogP contribution < -0.4 is 15.5 Å². The highest BCUT2D eigenvalue weighted by Crippen LogP contribution is 2.27. The van der Waals surface area contributed by atoms with Gasteiger partial charge in [-0.25, -0.2) is 19.3 Å². The summed E-state index contributed by atoms with van der Waals surface area (Å²) < 4.78 is 13.6. The lowest BCUT2D eigenvalue weighted by Gasteiger charge is -2.18. The number of halogens is 1. The van der Waals surface area contributed by atoms with Gasteiger partial charge in [0, 0.05) is 30.2 Å². The van der Waals surface area contributed by atoms with E-state index in [-0.39, 0.29) is 18.4 Å². The summed E-state index contributed by atoms with van der Waals surface area (Å²) >= 11 is 0. The number of nitriles is 1. The number of nitrogens with one attached hydrogen (secondary N) is 2. The maximum absolute atomic E-state index is 13.6. The first-order chi connectivity index (χ1) is 17.1. The highest BCUT2D eigenvalue weighted by Gasteiger charge is 2.25. The van der Waals surface area contributed by atoms with Crippen molar-refractivity contribution >= 4 is 23.2 Å². The summed E-state index contributed by atoms with van der Waals surface area (Å²) in [7, 11) is 0. The van der Waals surface area contributed by atoms with E-state index in [0.29, 0.717) is 53.7 Å². The average Bonchev–Trinajstić information content (AvgIpc) is 3.57. The lowest BCUT2D eigenvalue weighted by Crippen LogP contribution is -2.32. The minimum absolute atomic E-state index is 0.0631. The molecule has 2 aliphatic rings. The summed E-state index contributed by atoms with van der Waals surface area (Å²) in [4.78, 5) is 31.8. The van der Waals surface area contributed by atoms with Gasteiger partial charge in [-0.3, -0.25) is 9.78 Å². The van der Waals surface area contributed by atoms with Gasteiger partial charge in [0.25, 0.3) is 0 Å². The molecule has 0 bridgehead atoms. The summed E-state index contributed by atoms with van der Waals surface area (Å²) in [5, 5.41) is 16.0. The number of aromatic nitrogens is 4. The molecule has 2 saturated heterocycles. The maximum atomic E-state index is 13.6. The number of rotatable bonds is 7. The molecule has 10 heteroatoms. The quantitative estimate of drug-likeness (QED) is 0.535. The Balaban J connectivity index is 1.28. The number of hydrogen-bond acceptors (Lipinski definition) is 9. The highest BCUT2D eigenvalue weighted by atomic mass is 19.1. The molecule has 3 aromatic heterocycles. The monoisotopic (exact) mass is 472 g/mol. The van der Waals surface area contributed by atoms with Gasteiger partial charge in [0.15, 0.2) is 5.78 Å². The van der Waals surface area contributed by atoms with Crippen LogP contribution in [0.25, 0.3) is 11.3 Å². The summed E-state index contributed by atoms with van der Waals surface area (Å²) in [5.41, 5.74) is 3.06. The second-order valence-electron chi connectivity index (χ2n) is 8.76. The first-order valence-corrected chi connectivity index (χ1v) is 11.7. The fourth-order valence-corrected chi connectivity index (χ4v) is 4.41. The maximum Gasteiger partial charge on any atom is 0.227 e. The molecule has 9 nitrogen and oxygen atoms in total. The predicted molar refractivity (Wildman–Crippen MR) is 129 cm³/mol. The Hall–Kier alpha value is -3.97. The van der Waals surface area contributed by atoms with Crippen LogP contribution in [0.15, 0.2) is 42.9 Å². The molecule has 178 valence electrons. The number of pyridine rings is 2. The van der Waals surface area contributed by atoms with Gasteiger partial charge in [-0.15, -0.1) is 0 Å². The Morgan fingerprint density at radius 1 is 1.23 bits per heavy atom. The molecular weight excluding hydrogens is 447 g/mol. The van der Waals surface area contributed by atoms with Crippen LogP contribution in [0.5, 0.6) is 0 Å². The third-order valence-corrected chi connectivity index (χ3v) is 6.25. The first kappa shape index (κ1) is 22.8. The Labute approximate surface area is 202 Å². The van der Waals surface area contributed by atoms with Crippen molar-refractivity contribution in [2.75, 3.05) is 29.9 Å². The largest absolute Gasteiger partial charge is 0.352 e. The summed E-state index contributed by atoms with van der Waals surface area (Å²) in [5.74, 6) is 1.03. The van der Waals surface area contributed by atoms with E-state index >= 15 is 0 Å². The van der Waals surface area contributed by atoms with Gasteiger partial charge in [0.05, 0.1) is 42.1 Å². The van der Waals surface area contributed by atoms with Crippen molar-refractivity contribution in [3.05, 3.63) is 54.1 Å². The molecule has 2 aliphatic heterocycles. The van der Waals surface area contributed by atoms with Gasteiger partial charge in [-0.05, 0) is 50.1 Å². The molecule has 0 radical (unpaired) electrons. The van der Waals surface area contributed by atoms with Crippen LogP contribution >= 0.6 is 0 Å². The minimum atomic E-state index is -0.896. The molecule has 2 N–H and O–H groups in total. The van der Waals surface area contributed by atoms with E-state index in [0.717, 1.165) is 25.1 Å². The Kier molecular flexibility index (Phi) is 6.59. The second-order valence-corrected chi connectivity index (χ2v) is 8.76. The smallest absolute Gasteiger partial charge is 0.227 e. The van der Waals surface area contributed by atoms with Crippen LogP contribution in [-0.2, 0) is 11.2 Å². The van der Waals surface area contributed by atoms with Crippen LogP contribution in [0.4, 0.5) is 21.8 Å². The third-order valence-electron chi connectivity index (χ3n) is 6.25. The molecule has 0 aromatic carbocycles. The van der Waals surface area contributed by atoms with Crippen LogP contribution in [0.1, 0.15) is 30.5 Å². The molecule has 2 atom stereocenters. The van der Waals surface area contributed by atoms with Crippen LogP contribution in [-0.4, -0.2) is 57.6 Å². The molecule has 5 heterocycles. The van der Waals surface area contributed by atoms with Crippen molar-refractivity contribution in [3.63, 3.8) is 0 Å². The van der Waals surface area contributed by atoms with E-state index in [1.165, 1.54) is 0 Å². The van der Waals surface area contributed by atoms with Gasteiger partial charge in [0.1, 0.15) is 18.1 Å². The molecular formula is C25H25FN8O. The lowest BCUT2D eigenvalue weighted by atomic mass is 10.1. The molecule has 0 amide bonds. The Bertz CT molecular complexity index is 1250. The molecule has 5 rings (SSSR count). The number of Topliss-reactive ketones (excluding diaryl/α,β-unsaturated/α-hetero) is 1. The van der Waals surface area contributed by atoms with Crippen LogP contribution in [0.2, 0.25) is 0 Å². The van der Waals surface area contributed by atoms with Crippen molar-refractivity contribution < 1.29 is 9.18 Å².